The van der Waals surface area contributed by atoms with Crippen molar-refractivity contribution in [1.29, 1.82) is 0 Å². The van der Waals surface area contributed by atoms with Crippen molar-refractivity contribution in [2.24, 2.45) is 5.73 Å². The van der Waals surface area contributed by atoms with Crippen LogP contribution in [0.1, 0.15) is 40.4 Å². The fourth-order valence-corrected chi connectivity index (χ4v) is 4.01. The molecule has 3 rings (SSSR count). The molecule has 1 saturated carbocycles. The van der Waals surface area contributed by atoms with Gasteiger partial charge in [-0.15, -0.1) is 11.3 Å². The molecule has 1 aromatic rings. The minimum atomic E-state index is 0.210. The van der Waals surface area contributed by atoms with Crippen molar-refractivity contribution in [3.8, 4) is 0 Å². The minimum absolute atomic E-state index is 0.210. The molecule has 0 aromatic carbocycles. The van der Waals surface area contributed by atoms with Crippen LogP contribution < -0.4 is 5.73 Å². The Morgan fingerprint density at radius 1 is 1.44 bits per heavy atom. The molecule has 0 spiro atoms. The number of rotatable bonds is 3. The average molecular weight is 256 g/mol. The molecular formula is C11H16N2OS2. The fraction of sp³-hybridized carbons (Fsp3) is 0.727. The zero-order chi connectivity index (χ0) is 11.0. The summed E-state index contributed by atoms with van der Waals surface area (Å²) in [5.74, 6) is 2.85. The number of hydrogen-bond acceptors (Lipinski definition) is 5. The maximum Gasteiger partial charge on any atom is 0.123 e. The van der Waals surface area contributed by atoms with Gasteiger partial charge in [-0.3, -0.25) is 0 Å². The first-order valence-electron chi connectivity index (χ1n) is 5.77. The van der Waals surface area contributed by atoms with Crippen LogP contribution in [0.15, 0.2) is 0 Å². The minimum Gasteiger partial charge on any atom is -0.369 e. The largest absolute Gasteiger partial charge is 0.369 e. The van der Waals surface area contributed by atoms with E-state index in [1.54, 1.807) is 11.3 Å². The molecule has 5 heteroatoms. The van der Waals surface area contributed by atoms with Crippen LogP contribution in [-0.4, -0.2) is 23.1 Å². The van der Waals surface area contributed by atoms with Crippen LogP contribution >= 0.6 is 23.1 Å². The first kappa shape index (κ1) is 11.0. The molecule has 1 saturated heterocycles. The number of aromatic nitrogens is 1. The zero-order valence-corrected chi connectivity index (χ0v) is 10.8. The predicted octanol–water partition coefficient (Wildman–Crippen LogP) is 2.28. The van der Waals surface area contributed by atoms with Crippen molar-refractivity contribution >= 4 is 23.1 Å². The van der Waals surface area contributed by atoms with Crippen molar-refractivity contribution in [2.45, 2.75) is 31.4 Å². The van der Waals surface area contributed by atoms with E-state index in [0.29, 0.717) is 12.5 Å². The first-order chi connectivity index (χ1) is 7.88. The standard InChI is InChI=1S/C11H16N2OS2/c12-5-9-10(7-1-2-7)13-11(16-9)8-6-15-4-3-14-8/h7-8H,1-6,12H2. The summed E-state index contributed by atoms with van der Waals surface area (Å²) in [7, 11) is 0. The van der Waals surface area contributed by atoms with Gasteiger partial charge < -0.3 is 10.5 Å². The second-order valence-electron chi connectivity index (χ2n) is 4.27. The highest BCUT2D eigenvalue weighted by atomic mass is 32.2. The number of ether oxygens (including phenoxy) is 1. The van der Waals surface area contributed by atoms with Crippen LogP contribution in [0.2, 0.25) is 0 Å². The molecule has 2 N–H and O–H groups in total. The number of thiazole rings is 1. The van der Waals surface area contributed by atoms with E-state index in [1.807, 2.05) is 11.8 Å². The van der Waals surface area contributed by atoms with Gasteiger partial charge in [0.25, 0.3) is 0 Å². The van der Waals surface area contributed by atoms with Gasteiger partial charge in [0.1, 0.15) is 11.1 Å². The van der Waals surface area contributed by atoms with Crippen molar-refractivity contribution in [2.75, 3.05) is 18.1 Å². The lowest BCUT2D eigenvalue weighted by Crippen LogP contribution is -2.15. The molecule has 0 amide bonds. The van der Waals surface area contributed by atoms with E-state index in [2.05, 4.69) is 0 Å². The predicted molar refractivity (Wildman–Crippen MR) is 68.0 cm³/mol. The topological polar surface area (TPSA) is 48.1 Å². The quantitative estimate of drug-likeness (QED) is 0.901. The molecule has 3 nitrogen and oxygen atoms in total. The van der Waals surface area contributed by atoms with E-state index in [4.69, 9.17) is 15.5 Å². The van der Waals surface area contributed by atoms with Gasteiger partial charge in [-0.25, -0.2) is 4.98 Å². The summed E-state index contributed by atoms with van der Waals surface area (Å²) in [5.41, 5.74) is 7.05. The third-order valence-electron chi connectivity index (χ3n) is 2.98. The molecule has 1 aliphatic heterocycles. The molecule has 2 aliphatic rings. The molecule has 1 aromatic heterocycles. The summed E-state index contributed by atoms with van der Waals surface area (Å²) in [6.45, 7) is 1.48. The van der Waals surface area contributed by atoms with E-state index >= 15 is 0 Å². The van der Waals surface area contributed by atoms with Crippen LogP contribution in [0.4, 0.5) is 0 Å². The molecule has 2 fully saturated rings. The van der Waals surface area contributed by atoms with Gasteiger partial charge in [0.2, 0.25) is 0 Å². The maximum absolute atomic E-state index is 5.78. The van der Waals surface area contributed by atoms with Gasteiger partial charge in [0, 0.05) is 28.8 Å². The van der Waals surface area contributed by atoms with Crippen LogP contribution in [0.25, 0.3) is 0 Å². The Hall–Kier alpha value is -0.100. The Balaban J connectivity index is 1.83. The normalized spacial score (nSPS) is 25.9. The highest BCUT2D eigenvalue weighted by Crippen LogP contribution is 2.44. The molecular weight excluding hydrogens is 240 g/mol. The van der Waals surface area contributed by atoms with E-state index < -0.39 is 0 Å². The van der Waals surface area contributed by atoms with Crippen molar-refractivity contribution in [3.63, 3.8) is 0 Å². The lowest BCUT2D eigenvalue weighted by Gasteiger charge is -2.19. The zero-order valence-electron chi connectivity index (χ0n) is 9.15. The number of thioether (sulfide) groups is 1. The monoisotopic (exact) mass is 256 g/mol. The Morgan fingerprint density at radius 3 is 2.94 bits per heavy atom. The highest BCUT2D eigenvalue weighted by Gasteiger charge is 2.31. The van der Waals surface area contributed by atoms with E-state index in [9.17, 15) is 0 Å². The summed E-state index contributed by atoms with van der Waals surface area (Å²) in [6, 6.07) is 0. The molecule has 1 aliphatic carbocycles. The highest BCUT2D eigenvalue weighted by molar-refractivity contribution is 7.99. The van der Waals surface area contributed by atoms with Gasteiger partial charge in [0.15, 0.2) is 0 Å². The number of hydrogen-bond donors (Lipinski definition) is 1. The molecule has 16 heavy (non-hydrogen) atoms. The molecule has 0 radical (unpaired) electrons. The lowest BCUT2D eigenvalue weighted by atomic mass is 10.2. The molecule has 88 valence electrons. The van der Waals surface area contributed by atoms with Crippen LogP contribution in [0, 0.1) is 0 Å². The van der Waals surface area contributed by atoms with Gasteiger partial charge in [-0.05, 0) is 12.8 Å². The Morgan fingerprint density at radius 2 is 2.31 bits per heavy atom. The van der Waals surface area contributed by atoms with Crippen LogP contribution in [0.3, 0.4) is 0 Å². The van der Waals surface area contributed by atoms with E-state index in [-0.39, 0.29) is 6.10 Å². The van der Waals surface area contributed by atoms with Gasteiger partial charge in [0.05, 0.1) is 12.3 Å². The number of nitrogens with zero attached hydrogens (tertiary/aromatic N) is 1. The smallest absolute Gasteiger partial charge is 0.123 e. The number of nitrogens with two attached hydrogens (primary N) is 1. The van der Waals surface area contributed by atoms with Gasteiger partial charge in [-0.2, -0.15) is 11.8 Å². The van der Waals surface area contributed by atoms with Gasteiger partial charge in [-0.1, -0.05) is 0 Å². The van der Waals surface area contributed by atoms with Gasteiger partial charge >= 0.3 is 0 Å². The molecule has 2 heterocycles. The van der Waals surface area contributed by atoms with Crippen LogP contribution in [-0.2, 0) is 11.3 Å². The third kappa shape index (κ3) is 2.14. The van der Waals surface area contributed by atoms with E-state index in [1.165, 1.54) is 23.4 Å². The second kappa shape index (κ2) is 4.64. The van der Waals surface area contributed by atoms with Crippen LogP contribution in [0.5, 0.6) is 0 Å². The van der Waals surface area contributed by atoms with Crippen molar-refractivity contribution < 1.29 is 4.74 Å². The average Bonchev–Trinajstić information content (AvgIpc) is 3.10. The summed E-state index contributed by atoms with van der Waals surface area (Å²) in [5, 5.41) is 1.15. The summed E-state index contributed by atoms with van der Waals surface area (Å²) in [4.78, 5) is 6.04. The first-order valence-corrected chi connectivity index (χ1v) is 7.74. The SMILES string of the molecule is NCc1sc(C2CSCCO2)nc1C1CC1. The van der Waals surface area contributed by atoms with Crippen molar-refractivity contribution in [1.82, 2.24) is 4.98 Å². The Bertz CT molecular complexity index is 370. The summed E-state index contributed by atoms with van der Waals surface area (Å²) in [6.07, 6.45) is 2.79. The third-order valence-corrected chi connectivity index (χ3v) is 5.16. The van der Waals surface area contributed by atoms with E-state index in [0.717, 1.165) is 23.1 Å². The molecule has 0 bridgehead atoms. The molecule has 1 unspecified atom stereocenters. The Labute approximate surface area is 104 Å². The molecule has 1 atom stereocenters. The second-order valence-corrected chi connectivity index (χ2v) is 6.54. The summed E-state index contributed by atoms with van der Waals surface area (Å²) >= 11 is 3.71. The fourth-order valence-electron chi connectivity index (χ4n) is 1.97. The summed E-state index contributed by atoms with van der Waals surface area (Å²) < 4.78 is 5.76. The maximum atomic E-state index is 5.78. The lowest BCUT2D eigenvalue weighted by molar-refractivity contribution is 0.0754. The van der Waals surface area contributed by atoms with Crippen molar-refractivity contribution in [3.05, 3.63) is 15.6 Å². The Kier molecular flexibility index (Phi) is 3.20.